The van der Waals surface area contributed by atoms with Crippen LogP contribution in [0.3, 0.4) is 0 Å². The molecule has 0 spiro atoms. The molecule has 5 N–H and O–H groups in total. The van der Waals surface area contributed by atoms with Crippen LogP contribution < -0.4 is 5.32 Å². The quantitative estimate of drug-likeness (QED) is 0.0680. The Labute approximate surface area is 319 Å². The van der Waals surface area contributed by atoms with Crippen LogP contribution in [0.2, 0.25) is 0 Å². The van der Waals surface area contributed by atoms with E-state index in [1.54, 1.807) is 12.1 Å². The fraction of sp³-hybridized carbons (Fsp3) is 0.150. The number of guanidine groups is 1. The number of carboxylic acids is 1. The number of nitrogens with one attached hydrogen (secondary N) is 4. The average Bonchev–Trinajstić information content (AvgIpc) is 3.90. The zero-order chi connectivity index (χ0) is 37.7. The third kappa shape index (κ3) is 6.24. The molecule has 8 bridgehead atoms. The predicted molar refractivity (Wildman–Crippen MR) is 206 cm³/mol. The summed E-state index contributed by atoms with van der Waals surface area (Å²) in [5.74, 6) is 1.34. The van der Waals surface area contributed by atoms with Gasteiger partial charge in [-0.1, -0.05) is 84.9 Å². The first-order chi connectivity index (χ1) is 26.1. The van der Waals surface area contributed by atoms with Gasteiger partial charge in [0, 0.05) is 43.8 Å². The second-order valence-corrected chi connectivity index (χ2v) is 14.9. The summed E-state index contributed by atoms with van der Waals surface area (Å²) in [5, 5.41) is 23.6. The molecule has 0 atom stereocenters. The fourth-order valence-corrected chi connectivity index (χ4v) is 6.67. The minimum atomic E-state index is -1.07. The average molecular weight is 766 g/mol. The number of benzene rings is 4. The van der Waals surface area contributed by atoms with Gasteiger partial charge in [0.25, 0.3) is 0 Å². The molecule has 4 aromatic carbocycles. The van der Waals surface area contributed by atoms with Crippen molar-refractivity contribution in [3.63, 3.8) is 0 Å². The normalized spacial score (nSPS) is 11.6. The smallest absolute Gasteiger partial charge is 0.336 e. The molecule has 0 saturated heterocycles. The second kappa shape index (κ2) is 13.9. The van der Waals surface area contributed by atoms with Crippen LogP contribution in [0, 0.1) is 5.41 Å². The maximum atomic E-state index is 12.3. The monoisotopic (exact) mass is 764 g/mol. The summed E-state index contributed by atoms with van der Waals surface area (Å²) < 4.78 is 2.03. The minimum absolute atomic E-state index is 0.105. The molecule has 7 aromatic rings. The van der Waals surface area contributed by atoms with Crippen LogP contribution in [0.4, 0.5) is 0 Å². The first-order valence-electron chi connectivity index (χ1n) is 17.5. The number of carbonyl (C=O) groups is 1. The fourth-order valence-electron chi connectivity index (χ4n) is 6.48. The van der Waals surface area contributed by atoms with Crippen molar-refractivity contribution in [3.8, 4) is 45.6 Å². The largest absolute Gasteiger partial charge is 0.478 e. The van der Waals surface area contributed by atoms with E-state index in [1.165, 1.54) is 0 Å². The summed E-state index contributed by atoms with van der Waals surface area (Å²) in [6.07, 6.45) is 0. The summed E-state index contributed by atoms with van der Waals surface area (Å²) in [4.78, 5) is 48.5. The Morgan fingerprint density at radius 1 is 0.630 bits per heavy atom. The number of H-pyrrole nitrogens is 2. The van der Waals surface area contributed by atoms with Crippen LogP contribution >= 0.6 is 0 Å². The Morgan fingerprint density at radius 3 is 1.48 bits per heavy atom. The van der Waals surface area contributed by atoms with Crippen molar-refractivity contribution in [1.29, 1.82) is 5.41 Å². The van der Waals surface area contributed by atoms with Gasteiger partial charge in [0.05, 0.1) is 5.56 Å². The summed E-state index contributed by atoms with van der Waals surface area (Å²) in [5.41, 5.74) is 5.36. The predicted octanol–water partition coefficient (Wildman–Crippen LogP) is 7.66. The van der Waals surface area contributed by atoms with Gasteiger partial charge in [-0.15, -0.1) is 0 Å². The minimum Gasteiger partial charge on any atom is -0.478 e. The van der Waals surface area contributed by atoms with E-state index in [4.69, 9.17) is 35.3 Å². The molecule has 54 heavy (non-hydrogen) atoms. The molecular formula is C40H34N11O2Zn. The molecule has 0 amide bonds. The van der Waals surface area contributed by atoms with Gasteiger partial charge in [-0.25, -0.2) is 34.7 Å². The Hall–Kier alpha value is -6.40. The van der Waals surface area contributed by atoms with Crippen molar-refractivity contribution in [2.24, 2.45) is 0 Å². The molecule has 5 heterocycles. The van der Waals surface area contributed by atoms with Gasteiger partial charge in [-0.3, -0.25) is 0 Å². The summed E-state index contributed by atoms with van der Waals surface area (Å²) in [6.45, 7) is 8.28. The van der Waals surface area contributed by atoms with Crippen LogP contribution in [-0.4, -0.2) is 72.6 Å². The molecule has 14 heteroatoms. The molecule has 2 aliphatic rings. The van der Waals surface area contributed by atoms with Crippen molar-refractivity contribution in [2.75, 3.05) is 0 Å². The van der Waals surface area contributed by atoms with Crippen molar-refractivity contribution in [1.82, 2.24) is 48.8 Å². The molecule has 3 aromatic heterocycles. The molecule has 0 saturated carbocycles. The number of hydrogen-bond acceptors (Lipinski definition) is 8. The molecule has 9 rings (SSSR count). The van der Waals surface area contributed by atoms with Gasteiger partial charge >= 0.3 is 84.6 Å². The van der Waals surface area contributed by atoms with E-state index in [1.807, 2.05) is 96.4 Å². The first kappa shape index (κ1) is 34.7. The maximum absolute atomic E-state index is 12.3. The van der Waals surface area contributed by atoms with Gasteiger partial charge in [-0.05, 0) is 6.07 Å². The van der Waals surface area contributed by atoms with Crippen molar-refractivity contribution in [2.45, 2.75) is 39.8 Å². The Morgan fingerprint density at radius 2 is 1.04 bits per heavy atom. The molecule has 263 valence electrons. The summed E-state index contributed by atoms with van der Waals surface area (Å²) >= 11 is 1.01. The van der Waals surface area contributed by atoms with E-state index in [-0.39, 0.29) is 5.56 Å². The van der Waals surface area contributed by atoms with Gasteiger partial charge in [0.1, 0.15) is 22.6 Å². The number of aromatic amines is 2. The van der Waals surface area contributed by atoms with E-state index in [9.17, 15) is 9.90 Å². The zero-order valence-corrected chi connectivity index (χ0v) is 33.0. The molecule has 0 fully saturated rings. The van der Waals surface area contributed by atoms with Gasteiger partial charge in [0.2, 0.25) is 0 Å². The van der Waals surface area contributed by atoms with Crippen molar-refractivity contribution >= 4 is 56.1 Å². The van der Waals surface area contributed by atoms with Gasteiger partial charge in [0.15, 0.2) is 23.3 Å². The van der Waals surface area contributed by atoms with Gasteiger partial charge < -0.3 is 15.1 Å². The van der Waals surface area contributed by atoms with Crippen molar-refractivity contribution in [3.05, 3.63) is 96.6 Å². The number of carboxylic acid groups (broad SMARTS) is 1. The second-order valence-electron chi connectivity index (χ2n) is 13.5. The number of aromatic nitrogens is 8. The first-order valence-corrected chi connectivity index (χ1v) is 18.8. The SMILES string of the molecule is CC(C)NC(=N)[N]([Zn])C(C)C.O=C(O)c1cccc2c3nc4nc(nc5[nH]c(nc6nc(nc([nH]3)c12)-c1ccccc1-6)c1ccccc51)-c1ccccc1-4. The summed E-state index contributed by atoms with van der Waals surface area (Å²) in [6, 6.07) is 29.3. The topological polar surface area (TPSA) is 185 Å². The molecular weight excluding hydrogens is 732 g/mol. The Bertz CT molecular complexity index is 2800. The van der Waals surface area contributed by atoms with Crippen LogP contribution in [0.25, 0.3) is 89.7 Å². The standard InChI is InChI=1S/C33H18N8O2.C7H16N3.Zn/c42-33(43)23-15-7-14-22-24(23)32-40-30-21-13-6-5-12-20(21)28(38-30)36-26-17-9-2-1-8-16(17)25(34-26)35-27-18-10-3-4-11-19(18)29(37-27)39-31(22)41-32;1-5(2)9-7(8)10-6(3)4;/h1-15H,(H,42,43)(H2,34,35,36,37,38,39,40,41);5-6H,1-4H3,(H2-,8,9,10);/q;-1;+1. The number of fused-ring (bicyclic) bond motifs is 20. The van der Waals surface area contributed by atoms with Crippen LogP contribution in [0.5, 0.6) is 0 Å². The number of rotatable bonds is 3. The van der Waals surface area contributed by atoms with Crippen LogP contribution in [0.1, 0.15) is 38.1 Å². The molecule has 0 aliphatic carbocycles. The Kier molecular flexibility index (Phi) is 8.90. The Balaban J connectivity index is 0.000000330. The molecule has 0 radical (unpaired) electrons. The van der Waals surface area contributed by atoms with E-state index in [2.05, 4.69) is 29.1 Å². The molecule has 13 nitrogen and oxygen atoms in total. The van der Waals surface area contributed by atoms with E-state index >= 15 is 0 Å². The van der Waals surface area contributed by atoms with E-state index in [0.29, 0.717) is 74.7 Å². The number of aromatic carboxylic acids is 1. The zero-order valence-electron chi connectivity index (χ0n) is 30.0. The number of nitrogens with zero attached hydrogens (tertiary/aromatic N) is 7. The number of hydrogen-bond donors (Lipinski definition) is 5. The molecule has 2 aliphatic heterocycles. The maximum Gasteiger partial charge on any atom is 0.336 e. The third-order valence-electron chi connectivity index (χ3n) is 9.15. The molecule has 0 unspecified atom stereocenters. The van der Waals surface area contributed by atoms with E-state index < -0.39 is 5.97 Å². The van der Waals surface area contributed by atoms with Crippen LogP contribution in [0.15, 0.2) is 91.0 Å². The van der Waals surface area contributed by atoms with Crippen molar-refractivity contribution < 1.29 is 28.4 Å². The van der Waals surface area contributed by atoms with Gasteiger partial charge in [-0.2, -0.15) is 0 Å². The van der Waals surface area contributed by atoms with E-state index in [0.717, 1.165) is 51.6 Å². The van der Waals surface area contributed by atoms with Crippen LogP contribution in [-0.2, 0) is 18.5 Å². The summed E-state index contributed by atoms with van der Waals surface area (Å²) in [7, 11) is 0. The third-order valence-corrected chi connectivity index (χ3v) is 11.3.